The molecule has 0 bridgehead atoms. The van der Waals surface area contributed by atoms with Crippen molar-refractivity contribution in [1.29, 1.82) is 0 Å². The number of nitrogens with one attached hydrogen (secondary N) is 1. The monoisotopic (exact) mass is 243 g/mol. The van der Waals surface area contributed by atoms with Crippen molar-refractivity contribution < 1.29 is 23.9 Å². The highest BCUT2D eigenvalue weighted by Crippen LogP contribution is 1.99. The van der Waals surface area contributed by atoms with Crippen LogP contribution in [-0.4, -0.2) is 54.3 Å². The highest BCUT2D eigenvalue weighted by atomic mass is 16.5. The van der Waals surface area contributed by atoms with E-state index in [0.717, 1.165) is 4.90 Å². The molecule has 8 heteroatoms. The number of hydrogen-bond acceptors (Lipinski definition) is 6. The van der Waals surface area contributed by atoms with Crippen LogP contribution in [0.4, 0.5) is 0 Å². The Morgan fingerprint density at radius 3 is 2.41 bits per heavy atom. The van der Waals surface area contributed by atoms with Gasteiger partial charge in [-0.15, -0.1) is 0 Å². The van der Waals surface area contributed by atoms with Crippen molar-refractivity contribution in [3.8, 4) is 0 Å². The van der Waals surface area contributed by atoms with E-state index in [-0.39, 0.29) is 19.7 Å². The first-order valence-corrected chi connectivity index (χ1v) is 4.99. The second-order valence-electron chi connectivity index (χ2n) is 3.40. The molecule has 1 unspecified atom stereocenters. The normalized spacial score (nSPS) is 17.4. The van der Waals surface area contributed by atoms with Crippen molar-refractivity contribution in [2.75, 3.05) is 19.7 Å². The molecule has 1 aliphatic heterocycles. The highest BCUT2D eigenvalue weighted by Gasteiger charge is 2.33. The molecule has 3 amide bonds. The van der Waals surface area contributed by atoms with Gasteiger partial charge in [-0.2, -0.15) is 0 Å². The fourth-order valence-electron chi connectivity index (χ4n) is 1.32. The van der Waals surface area contributed by atoms with Crippen molar-refractivity contribution in [3.05, 3.63) is 0 Å². The number of piperazine rings is 1. The molecule has 17 heavy (non-hydrogen) atoms. The fourth-order valence-corrected chi connectivity index (χ4v) is 1.32. The molecule has 1 fully saturated rings. The molecule has 1 rings (SSSR count). The molecule has 0 aromatic carbocycles. The molecular formula is C9H13N3O5. The predicted octanol–water partition coefficient (Wildman–Crippen LogP) is -2.64. The first-order chi connectivity index (χ1) is 7.95. The summed E-state index contributed by atoms with van der Waals surface area (Å²) in [6, 6.07) is -1.51. The zero-order valence-corrected chi connectivity index (χ0v) is 9.26. The average Bonchev–Trinajstić information content (AvgIpc) is 2.26. The van der Waals surface area contributed by atoms with E-state index in [1.165, 1.54) is 0 Å². The van der Waals surface area contributed by atoms with E-state index in [4.69, 9.17) is 5.73 Å². The zero-order valence-electron chi connectivity index (χ0n) is 9.26. The molecule has 0 aromatic heterocycles. The van der Waals surface area contributed by atoms with E-state index in [1.807, 2.05) is 5.32 Å². The van der Waals surface area contributed by atoms with E-state index in [2.05, 4.69) is 4.74 Å². The van der Waals surface area contributed by atoms with Gasteiger partial charge in [-0.3, -0.25) is 19.7 Å². The summed E-state index contributed by atoms with van der Waals surface area (Å²) in [6.45, 7) is 1.08. The summed E-state index contributed by atoms with van der Waals surface area (Å²) in [5.74, 6) is -2.89. The number of nitrogens with zero attached hydrogens (tertiary/aromatic N) is 1. The third kappa shape index (κ3) is 3.25. The maximum Gasteiger partial charge on any atom is 0.332 e. The van der Waals surface area contributed by atoms with Gasteiger partial charge in [0.05, 0.1) is 6.61 Å². The summed E-state index contributed by atoms with van der Waals surface area (Å²) in [4.78, 5) is 45.9. The largest absolute Gasteiger partial charge is 0.464 e. The van der Waals surface area contributed by atoms with Crippen LogP contribution in [0.15, 0.2) is 0 Å². The van der Waals surface area contributed by atoms with Crippen LogP contribution in [-0.2, 0) is 23.9 Å². The maximum absolute atomic E-state index is 11.7. The van der Waals surface area contributed by atoms with Gasteiger partial charge in [-0.25, -0.2) is 4.79 Å². The van der Waals surface area contributed by atoms with E-state index in [9.17, 15) is 19.2 Å². The van der Waals surface area contributed by atoms with Gasteiger partial charge in [-0.1, -0.05) is 0 Å². The lowest BCUT2D eigenvalue weighted by Crippen LogP contribution is -2.58. The van der Waals surface area contributed by atoms with E-state index < -0.39 is 29.7 Å². The molecular weight excluding hydrogens is 230 g/mol. The Balaban J connectivity index is 2.65. The van der Waals surface area contributed by atoms with Crippen LogP contribution in [0.1, 0.15) is 6.92 Å². The third-order valence-electron chi connectivity index (χ3n) is 2.07. The summed E-state index contributed by atoms with van der Waals surface area (Å²) in [5, 5.41) is 2.03. The molecule has 0 saturated carbocycles. The van der Waals surface area contributed by atoms with E-state index >= 15 is 0 Å². The van der Waals surface area contributed by atoms with Crippen molar-refractivity contribution in [2.24, 2.45) is 5.73 Å². The Bertz CT molecular complexity index is 352. The van der Waals surface area contributed by atoms with Crippen LogP contribution in [0.5, 0.6) is 0 Å². The first-order valence-electron chi connectivity index (χ1n) is 4.99. The number of carbonyl (C=O) groups excluding carboxylic acids is 4. The topological polar surface area (TPSA) is 119 Å². The molecule has 1 saturated heterocycles. The van der Waals surface area contributed by atoms with Gasteiger partial charge in [-0.05, 0) is 6.92 Å². The molecule has 94 valence electrons. The lowest BCUT2D eigenvalue weighted by atomic mass is 10.2. The molecule has 8 nitrogen and oxygen atoms in total. The molecule has 1 atom stereocenters. The van der Waals surface area contributed by atoms with Crippen molar-refractivity contribution in [3.63, 3.8) is 0 Å². The maximum atomic E-state index is 11.7. The second kappa shape index (κ2) is 5.39. The first kappa shape index (κ1) is 13.1. The summed E-state index contributed by atoms with van der Waals surface area (Å²) in [6.07, 6.45) is 0. The van der Waals surface area contributed by atoms with Gasteiger partial charge in [0.1, 0.15) is 13.1 Å². The molecule has 0 aliphatic carbocycles. The highest BCUT2D eigenvalue weighted by molar-refractivity contribution is 6.07. The van der Waals surface area contributed by atoms with Gasteiger partial charge in [0.25, 0.3) is 5.91 Å². The smallest absolute Gasteiger partial charge is 0.332 e. The Morgan fingerprint density at radius 2 is 1.94 bits per heavy atom. The van der Waals surface area contributed by atoms with Gasteiger partial charge < -0.3 is 15.4 Å². The Morgan fingerprint density at radius 1 is 1.41 bits per heavy atom. The van der Waals surface area contributed by atoms with Crippen LogP contribution < -0.4 is 11.1 Å². The number of nitrogens with two attached hydrogens (primary N) is 1. The number of imide groups is 1. The van der Waals surface area contributed by atoms with Gasteiger partial charge in [0.2, 0.25) is 11.8 Å². The minimum atomic E-state index is -1.51. The Hall–Kier alpha value is -1.96. The molecule has 0 aromatic rings. The minimum absolute atomic E-state index is 0.0965. The zero-order chi connectivity index (χ0) is 13.0. The number of esters is 1. The lowest BCUT2D eigenvalue weighted by molar-refractivity contribution is -0.154. The predicted molar refractivity (Wildman–Crippen MR) is 54.3 cm³/mol. The van der Waals surface area contributed by atoms with Crippen LogP contribution in [0.25, 0.3) is 0 Å². The standard InChI is InChI=1S/C9H13N3O5/c1-2-17-9(16)7(10)8(15)12-3-5(13)11-6(14)4-12/h7H,2-4,10H2,1H3,(H,11,13,14). The quantitative estimate of drug-likeness (QED) is 0.318. The van der Waals surface area contributed by atoms with Gasteiger partial charge in [0.15, 0.2) is 6.04 Å². The third-order valence-corrected chi connectivity index (χ3v) is 2.07. The minimum Gasteiger partial charge on any atom is -0.464 e. The SMILES string of the molecule is CCOC(=O)C(N)C(=O)N1CC(=O)NC(=O)C1. The number of hydrogen-bond donors (Lipinski definition) is 2. The summed E-state index contributed by atoms with van der Waals surface area (Å²) < 4.78 is 4.57. The second-order valence-corrected chi connectivity index (χ2v) is 3.40. The molecule has 1 heterocycles. The van der Waals surface area contributed by atoms with E-state index in [0.29, 0.717) is 0 Å². The molecule has 0 radical (unpaired) electrons. The number of ether oxygens (including phenoxy) is 1. The molecule has 0 spiro atoms. The van der Waals surface area contributed by atoms with Crippen molar-refractivity contribution in [1.82, 2.24) is 10.2 Å². The lowest BCUT2D eigenvalue weighted by Gasteiger charge is -2.27. The molecule has 3 N–H and O–H groups in total. The van der Waals surface area contributed by atoms with Crippen LogP contribution in [0.3, 0.4) is 0 Å². The van der Waals surface area contributed by atoms with Crippen LogP contribution >= 0.6 is 0 Å². The van der Waals surface area contributed by atoms with E-state index in [1.54, 1.807) is 6.92 Å². The Kier molecular flexibility index (Phi) is 4.16. The van der Waals surface area contributed by atoms with Crippen molar-refractivity contribution >= 4 is 23.7 Å². The summed E-state index contributed by atoms with van der Waals surface area (Å²) >= 11 is 0. The van der Waals surface area contributed by atoms with Crippen molar-refractivity contribution in [2.45, 2.75) is 13.0 Å². The number of rotatable bonds is 3. The summed E-state index contributed by atoms with van der Waals surface area (Å²) in [7, 11) is 0. The van der Waals surface area contributed by atoms with Gasteiger partial charge >= 0.3 is 5.97 Å². The molecule has 1 aliphatic rings. The van der Waals surface area contributed by atoms with Gasteiger partial charge in [0, 0.05) is 0 Å². The Labute approximate surface area is 97.1 Å². The fraction of sp³-hybridized carbons (Fsp3) is 0.556. The number of amides is 3. The summed E-state index contributed by atoms with van der Waals surface area (Å²) in [5.41, 5.74) is 5.36. The van der Waals surface area contributed by atoms with Crippen LogP contribution in [0, 0.1) is 0 Å². The van der Waals surface area contributed by atoms with Crippen LogP contribution in [0.2, 0.25) is 0 Å². The average molecular weight is 243 g/mol. The number of carbonyl (C=O) groups is 4.